The van der Waals surface area contributed by atoms with Crippen LogP contribution in [0.5, 0.6) is 0 Å². The summed E-state index contributed by atoms with van der Waals surface area (Å²) in [6.45, 7) is 6.88. The lowest BCUT2D eigenvalue weighted by atomic mass is 9.85. The summed E-state index contributed by atoms with van der Waals surface area (Å²) in [6, 6.07) is 0. The normalized spacial score (nSPS) is 23.7. The maximum atomic E-state index is 11.9. The van der Waals surface area contributed by atoms with Gasteiger partial charge in [-0.25, -0.2) is 4.79 Å². The van der Waals surface area contributed by atoms with Crippen molar-refractivity contribution in [2.24, 2.45) is 0 Å². The van der Waals surface area contributed by atoms with Gasteiger partial charge in [0.2, 0.25) is 0 Å². The van der Waals surface area contributed by atoms with Gasteiger partial charge in [0.05, 0.1) is 5.54 Å². The summed E-state index contributed by atoms with van der Waals surface area (Å²) in [5.41, 5.74) is -1.07. The van der Waals surface area contributed by atoms with Crippen molar-refractivity contribution in [2.75, 3.05) is 13.1 Å². The van der Waals surface area contributed by atoms with Crippen molar-refractivity contribution in [1.82, 2.24) is 10.6 Å². The van der Waals surface area contributed by atoms with Gasteiger partial charge in [0.15, 0.2) is 0 Å². The maximum Gasteiger partial charge on any atom is 0.408 e. The summed E-state index contributed by atoms with van der Waals surface area (Å²) >= 11 is 0. The number of aliphatic carboxylic acids is 1. The molecule has 1 unspecified atom stereocenters. The van der Waals surface area contributed by atoms with Gasteiger partial charge in [-0.05, 0) is 46.6 Å². The first kappa shape index (κ1) is 15.8. The third kappa shape index (κ3) is 5.92. The lowest BCUT2D eigenvalue weighted by Gasteiger charge is -2.38. The molecule has 1 atom stereocenters. The van der Waals surface area contributed by atoms with E-state index in [0.29, 0.717) is 13.0 Å². The summed E-state index contributed by atoms with van der Waals surface area (Å²) < 4.78 is 5.25. The molecule has 1 fully saturated rings. The first-order valence-corrected chi connectivity index (χ1v) is 6.66. The molecular formula is C13H24N2O4. The molecule has 110 valence electrons. The van der Waals surface area contributed by atoms with E-state index in [9.17, 15) is 9.59 Å². The third-order valence-electron chi connectivity index (χ3n) is 3.06. The Labute approximate surface area is 113 Å². The van der Waals surface area contributed by atoms with Crippen LogP contribution in [-0.2, 0) is 9.53 Å². The van der Waals surface area contributed by atoms with Crippen LogP contribution in [0.3, 0.4) is 0 Å². The zero-order valence-electron chi connectivity index (χ0n) is 11.9. The number of carbonyl (C=O) groups is 2. The third-order valence-corrected chi connectivity index (χ3v) is 3.06. The summed E-state index contributed by atoms with van der Waals surface area (Å²) in [5.74, 6) is -0.851. The Morgan fingerprint density at radius 3 is 2.58 bits per heavy atom. The van der Waals surface area contributed by atoms with Crippen molar-refractivity contribution in [2.45, 2.75) is 57.6 Å². The van der Waals surface area contributed by atoms with Crippen LogP contribution in [0.15, 0.2) is 0 Å². The number of carbonyl (C=O) groups excluding carboxylic acids is 1. The van der Waals surface area contributed by atoms with Crippen LogP contribution < -0.4 is 10.6 Å². The fourth-order valence-corrected chi connectivity index (χ4v) is 2.22. The Kier molecular flexibility index (Phi) is 5.17. The van der Waals surface area contributed by atoms with Crippen molar-refractivity contribution >= 4 is 12.1 Å². The molecule has 0 bridgehead atoms. The topological polar surface area (TPSA) is 87.7 Å². The number of nitrogens with one attached hydrogen (secondary N) is 2. The van der Waals surface area contributed by atoms with Gasteiger partial charge in [0.1, 0.15) is 5.60 Å². The maximum absolute atomic E-state index is 11.9. The van der Waals surface area contributed by atoms with Crippen LogP contribution in [0.25, 0.3) is 0 Å². The minimum Gasteiger partial charge on any atom is -0.481 e. The molecule has 1 aliphatic heterocycles. The number of piperidine rings is 1. The highest BCUT2D eigenvalue weighted by Crippen LogP contribution is 2.23. The van der Waals surface area contributed by atoms with Gasteiger partial charge in [-0.1, -0.05) is 0 Å². The van der Waals surface area contributed by atoms with Crippen molar-refractivity contribution < 1.29 is 19.4 Å². The zero-order valence-corrected chi connectivity index (χ0v) is 11.9. The monoisotopic (exact) mass is 272 g/mol. The molecule has 0 spiro atoms. The highest BCUT2D eigenvalue weighted by Gasteiger charge is 2.35. The van der Waals surface area contributed by atoms with E-state index in [1.807, 2.05) is 0 Å². The van der Waals surface area contributed by atoms with E-state index in [1.54, 1.807) is 20.8 Å². The van der Waals surface area contributed by atoms with Gasteiger partial charge in [0, 0.05) is 13.0 Å². The molecular weight excluding hydrogens is 248 g/mol. The van der Waals surface area contributed by atoms with Crippen LogP contribution in [0, 0.1) is 0 Å². The van der Waals surface area contributed by atoms with Gasteiger partial charge in [-0.2, -0.15) is 0 Å². The number of rotatable bonds is 4. The molecule has 6 heteroatoms. The van der Waals surface area contributed by atoms with Crippen LogP contribution >= 0.6 is 0 Å². The van der Waals surface area contributed by atoms with Crippen LogP contribution in [0.4, 0.5) is 4.79 Å². The summed E-state index contributed by atoms with van der Waals surface area (Å²) in [5, 5.41) is 14.9. The molecule has 19 heavy (non-hydrogen) atoms. The predicted molar refractivity (Wildman–Crippen MR) is 71.1 cm³/mol. The van der Waals surface area contributed by atoms with E-state index < -0.39 is 23.2 Å². The number of carboxylic acid groups (broad SMARTS) is 1. The van der Waals surface area contributed by atoms with Crippen molar-refractivity contribution in [3.63, 3.8) is 0 Å². The number of alkyl carbamates (subject to hydrolysis) is 1. The second-order valence-corrected chi connectivity index (χ2v) is 6.08. The molecule has 0 aromatic carbocycles. The number of amides is 1. The molecule has 1 amide bonds. The van der Waals surface area contributed by atoms with Crippen LogP contribution in [0.1, 0.15) is 46.5 Å². The summed E-state index contributed by atoms with van der Waals surface area (Å²) in [7, 11) is 0. The van der Waals surface area contributed by atoms with Gasteiger partial charge < -0.3 is 20.5 Å². The average Bonchev–Trinajstić information content (AvgIpc) is 2.25. The fourth-order valence-electron chi connectivity index (χ4n) is 2.22. The highest BCUT2D eigenvalue weighted by molar-refractivity contribution is 5.70. The first-order valence-electron chi connectivity index (χ1n) is 6.66. The largest absolute Gasteiger partial charge is 0.481 e. The average molecular weight is 272 g/mol. The number of ether oxygens (including phenoxy) is 1. The minimum absolute atomic E-state index is 0.0392. The molecule has 1 saturated heterocycles. The predicted octanol–water partition coefficient (Wildman–Crippen LogP) is 1.50. The van der Waals surface area contributed by atoms with E-state index in [2.05, 4.69) is 10.6 Å². The standard InChI is InChI=1S/C13H24N2O4/c1-12(2,3)19-11(18)15-13(7-5-10(16)17)6-4-8-14-9-13/h14H,4-9H2,1-3H3,(H,15,18)(H,16,17). The Balaban J connectivity index is 2.63. The van der Waals surface area contributed by atoms with Crippen molar-refractivity contribution in [3.8, 4) is 0 Å². The molecule has 6 nitrogen and oxygen atoms in total. The van der Waals surface area contributed by atoms with E-state index in [0.717, 1.165) is 19.4 Å². The van der Waals surface area contributed by atoms with Gasteiger partial charge in [-0.3, -0.25) is 4.79 Å². The summed E-state index contributed by atoms with van der Waals surface area (Å²) in [4.78, 5) is 22.6. The Hall–Kier alpha value is -1.30. The lowest BCUT2D eigenvalue weighted by molar-refractivity contribution is -0.137. The number of hydrogen-bond acceptors (Lipinski definition) is 4. The second kappa shape index (κ2) is 6.23. The minimum atomic E-state index is -0.851. The second-order valence-electron chi connectivity index (χ2n) is 6.08. The van der Waals surface area contributed by atoms with E-state index in [4.69, 9.17) is 9.84 Å². The lowest BCUT2D eigenvalue weighted by Crippen LogP contribution is -2.58. The summed E-state index contributed by atoms with van der Waals surface area (Å²) in [6.07, 6.45) is 1.65. The molecule has 0 radical (unpaired) electrons. The first-order chi connectivity index (χ1) is 8.72. The van der Waals surface area contributed by atoms with E-state index >= 15 is 0 Å². The molecule has 1 aliphatic rings. The molecule has 1 heterocycles. The Bertz CT molecular complexity index is 330. The Morgan fingerprint density at radius 1 is 1.42 bits per heavy atom. The van der Waals surface area contributed by atoms with Gasteiger partial charge in [0.25, 0.3) is 0 Å². The SMILES string of the molecule is CC(C)(C)OC(=O)NC1(CCC(=O)O)CCCNC1. The molecule has 0 aromatic rings. The Morgan fingerprint density at radius 2 is 2.11 bits per heavy atom. The quantitative estimate of drug-likeness (QED) is 0.722. The molecule has 1 rings (SSSR count). The van der Waals surface area contributed by atoms with Crippen molar-refractivity contribution in [1.29, 1.82) is 0 Å². The van der Waals surface area contributed by atoms with Crippen molar-refractivity contribution in [3.05, 3.63) is 0 Å². The number of hydrogen-bond donors (Lipinski definition) is 3. The van der Waals surface area contributed by atoms with E-state index in [-0.39, 0.29) is 6.42 Å². The fraction of sp³-hybridized carbons (Fsp3) is 0.846. The molecule has 0 aromatic heterocycles. The van der Waals surface area contributed by atoms with Gasteiger partial charge in [-0.15, -0.1) is 0 Å². The molecule has 0 saturated carbocycles. The van der Waals surface area contributed by atoms with Gasteiger partial charge >= 0.3 is 12.1 Å². The zero-order chi connectivity index (χ0) is 14.5. The van der Waals surface area contributed by atoms with Crippen LogP contribution in [-0.4, -0.2) is 41.4 Å². The van der Waals surface area contributed by atoms with Crippen LogP contribution in [0.2, 0.25) is 0 Å². The molecule has 3 N–H and O–H groups in total. The highest BCUT2D eigenvalue weighted by atomic mass is 16.6. The number of carboxylic acids is 1. The van der Waals surface area contributed by atoms with E-state index in [1.165, 1.54) is 0 Å². The smallest absolute Gasteiger partial charge is 0.408 e. The molecule has 0 aliphatic carbocycles.